The third-order valence-corrected chi connectivity index (χ3v) is 2.37. The number of thiazole rings is 1. The van der Waals surface area contributed by atoms with Crippen molar-refractivity contribution in [1.29, 1.82) is 0 Å². The number of hydrogen-bond acceptors (Lipinski definition) is 6. The van der Waals surface area contributed by atoms with E-state index in [9.17, 15) is 0 Å². The van der Waals surface area contributed by atoms with E-state index in [1.165, 1.54) is 6.39 Å². The quantitative estimate of drug-likeness (QED) is 0.623. The monoisotopic (exact) mass is 265 g/mol. The Hall–Kier alpha value is -1.95. The highest BCUT2D eigenvalue weighted by Gasteiger charge is 1.78. The lowest BCUT2D eigenvalue weighted by atomic mass is 10.6. The van der Waals surface area contributed by atoms with Crippen LogP contribution in [0.15, 0.2) is 45.5 Å². The van der Waals surface area contributed by atoms with Crippen LogP contribution in [0, 0.1) is 20.8 Å². The van der Waals surface area contributed by atoms with Crippen LogP contribution in [-0.4, -0.2) is 15.0 Å². The Labute approximate surface area is 110 Å². The van der Waals surface area contributed by atoms with Gasteiger partial charge in [-0.05, 0) is 13.8 Å². The molecule has 0 amide bonds. The molecule has 0 N–H and O–H groups in total. The lowest BCUT2D eigenvalue weighted by Crippen LogP contribution is -1.59. The van der Waals surface area contributed by atoms with Crippen molar-refractivity contribution in [3.8, 4) is 0 Å². The molecule has 3 aromatic rings. The molecule has 0 aliphatic carbocycles. The van der Waals surface area contributed by atoms with Gasteiger partial charge >= 0.3 is 0 Å². The van der Waals surface area contributed by atoms with Crippen LogP contribution in [0.2, 0.25) is 0 Å². The maximum absolute atomic E-state index is 4.72. The van der Waals surface area contributed by atoms with Gasteiger partial charge in [0.1, 0.15) is 12.0 Å². The van der Waals surface area contributed by atoms with E-state index in [1.807, 2.05) is 19.2 Å². The summed E-state index contributed by atoms with van der Waals surface area (Å²) in [4.78, 5) is 11.3. The van der Waals surface area contributed by atoms with Crippen LogP contribution in [-0.2, 0) is 0 Å². The Bertz CT molecular complexity index is 413. The molecule has 0 bridgehead atoms. The molecule has 0 fully saturated rings. The lowest BCUT2D eigenvalue weighted by molar-refractivity contribution is 0.521. The summed E-state index contributed by atoms with van der Waals surface area (Å²) in [6.45, 7) is 5.65. The molecule has 0 aliphatic heterocycles. The zero-order chi connectivity index (χ0) is 13.2. The van der Waals surface area contributed by atoms with E-state index >= 15 is 0 Å². The highest BCUT2D eigenvalue weighted by Crippen LogP contribution is 1.98. The average Bonchev–Trinajstić information content (AvgIpc) is 3.05. The first-order valence-corrected chi connectivity index (χ1v) is 6.13. The van der Waals surface area contributed by atoms with Crippen LogP contribution in [0.25, 0.3) is 0 Å². The van der Waals surface area contributed by atoms with Gasteiger partial charge in [0.2, 0.25) is 0 Å². The van der Waals surface area contributed by atoms with Gasteiger partial charge in [0.05, 0.1) is 17.4 Å². The van der Waals surface area contributed by atoms with Crippen molar-refractivity contribution in [2.75, 3.05) is 0 Å². The van der Waals surface area contributed by atoms with Gasteiger partial charge < -0.3 is 8.83 Å². The third-order valence-electron chi connectivity index (χ3n) is 1.67. The summed E-state index contributed by atoms with van der Waals surface area (Å²) in [5, 5.41) is 3.10. The molecule has 0 saturated heterocycles. The molecule has 0 atom stereocenters. The Morgan fingerprint density at radius 2 is 1.89 bits per heavy atom. The number of aryl methyl sites for hydroxylation is 3. The standard InChI is InChI=1S/2C4H5NO.C4H5NS/c1-4-2-5-3-6-4;2*1-4-5-2-3-6-4/h3*2-3H,1H3. The molecular formula is C12H15N3O2S. The van der Waals surface area contributed by atoms with E-state index in [-0.39, 0.29) is 0 Å². The van der Waals surface area contributed by atoms with Crippen LogP contribution in [0.5, 0.6) is 0 Å². The Kier molecular flexibility index (Phi) is 6.42. The molecule has 5 nitrogen and oxygen atoms in total. The molecule has 0 radical (unpaired) electrons. The molecule has 0 spiro atoms. The van der Waals surface area contributed by atoms with Gasteiger partial charge in [-0.3, -0.25) is 4.98 Å². The normalized spacial score (nSPS) is 8.83. The van der Waals surface area contributed by atoms with Crippen LogP contribution < -0.4 is 0 Å². The largest absolute Gasteiger partial charge is 0.449 e. The summed E-state index contributed by atoms with van der Waals surface area (Å²) in [5.41, 5.74) is 0. The first kappa shape index (κ1) is 14.1. The second-order valence-corrected chi connectivity index (χ2v) is 4.31. The minimum absolute atomic E-state index is 0.718. The topological polar surface area (TPSA) is 65.0 Å². The molecule has 0 aliphatic rings. The Morgan fingerprint density at radius 3 is 2.06 bits per heavy atom. The second-order valence-electron chi connectivity index (χ2n) is 3.21. The van der Waals surface area contributed by atoms with Gasteiger partial charge in [0.25, 0.3) is 0 Å². The maximum atomic E-state index is 4.72. The smallest absolute Gasteiger partial charge is 0.190 e. The molecule has 0 saturated carbocycles. The molecule has 6 heteroatoms. The molecule has 3 rings (SSSR count). The summed E-state index contributed by atoms with van der Waals surface area (Å²) in [5.74, 6) is 1.57. The van der Waals surface area contributed by atoms with Crippen molar-refractivity contribution in [2.24, 2.45) is 0 Å². The van der Waals surface area contributed by atoms with Crippen LogP contribution in [0.1, 0.15) is 16.7 Å². The molecule has 3 aromatic heterocycles. The van der Waals surface area contributed by atoms with E-state index in [0.717, 1.165) is 16.7 Å². The van der Waals surface area contributed by atoms with Crippen molar-refractivity contribution in [1.82, 2.24) is 15.0 Å². The lowest BCUT2D eigenvalue weighted by Gasteiger charge is -1.67. The minimum atomic E-state index is 0.718. The van der Waals surface area contributed by atoms with E-state index in [2.05, 4.69) is 15.0 Å². The first-order chi connectivity index (χ1) is 8.68. The summed E-state index contributed by atoms with van der Waals surface area (Å²) in [6, 6.07) is 0. The molecule has 0 aromatic carbocycles. The number of nitrogens with zero attached hydrogens (tertiary/aromatic N) is 3. The number of oxazole rings is 2. The van der Waals surface area contributed by atoms with Crippen molar-refractivity contribution in [3.05, 3.63) is 53.3 Å². The fraction of sp³-hybridized carbons (Fsp3) is 0.250. The van der Waals surface area contributed by atoms with Crippen LogP contribution in [0.4, 0.5) is 0 Å². The summed E-state index contributed by atoms with van der Waals surface area (Å²) in [6.07, 6.45) is 8.06. The van der Waals surface area contributed by atoms with Crippen molar-refractivity contribution in [3.63, 3.8) is 0 Å². The highest BCUT2D eigenvalue weighted by atomic mass is 32.1. The van der Waals surface area contributed by atoms with E-state index in [0.29, 0.717) is 0 Å². The van der Waals surface area contributed by atoms with Crippen molar-refractivity contribution < 1.29 is 8.83 Å². The molecule has 96 valence electrons. The predicted molar refractivity (Wildman–Crippen MR) is 69.3 cm³/mol. The van der Waals surface area contributed by atoms with Gasteiger partial charge in [-0.2, -0.15) is 0 Å². The summed E-state index contributed by atoms with van der Waals surface area (Å²) >= 11 is 1.67. The molecular weight excluding hydrogens is 250 g/mol. The molecule has 18 heavy (non-hydrogen) atoms. The number of rotatable bonds is 0. The minimum Gasteiger partial charge on any atom is -0.449 e. The first-order valence-electron chi connectivity index (χ1n) is 5.25. The second kappa shape index (κ2) is 8.19. The Balaban J connectivity index is 0.000000135. The van der Waals surface area contributed by atoms with Crippen LogP contribution >= 0.6 is 11.3 Å². The van der Waals surface area contributed by atoms with Gasteiger partial charge in [-0.25, -0.2) is 9.97 Å². The van der Waals surface area contributed by atoms with Crippen LogP contribution in [0.3, 0.4) is 0 Å². The SMILES string of the molecule is Cc1cnco1.Cc1ncco1.Cc1nccs1. The zero-order valence-electron chi connectivity index (χ0n) is 10.5. The number of hydrogen-bond donors (Lipinski definition) is 0. The fourth-order valence-electron chi connectivity index (χ4n) is 0.869. The average molecular weight is 265 g/mol. The van der Waals surface area contributed by atoms with Crippen molar-refractivity contribution in [2.45, 2.75) is 20.8 Å². The van der Waals surface area contributed by atoms with Gasteiger partial charge in [0, 0.05) is 18.5 Å². The highest BCUT2D eigenvalue weighted by molar-refractivity contribution is 7.09. The van der Waals surface area contributed by atoms with E-state index < -0.39 is 0 Å². The van der Waals surface area contributed by atoms with E-state index in [4.69, 9.17) is 8.83 Å². The predicted octanol–water partition coefficient (Wildman–Crippen LogP) is 3.42. The maximum Gasteiger partial charge on any atom is 0.190 e. The summed E-state index contributed by atoms with van der Waals surface area (Å²) < 4.78 is 9.44. The molecule has 3 heterocycles. The zero-order valence-corrected chi connectivity index (χ0v) is 11.3. The van der Waals surface area contributed by atoms with E-state index in [1.54, 1.807) is 43.1 Å². The van der Waals surface area contributed by atoms with Gasteiger partial charge in [0.15, 0.2) is 12.3 Å². The van der Waals surface area contributed by atoms with Gasteiger partial charge in [-0.15, -0.1) is 11.3 Å². The summed E-state index contributed by atoms with van der Waals surface area (Å²) in [7, 11) is 0. The van der Waals surface area contributed by atoms with Gasteiger partial charge in [-0.1, -0.05) is 0 Å². The van der Waals surface area contributed by atoms with Crippen molar-refractivity contribution >= 4 is 11.3 Å². The third kappa shape index (κ3) is 6.59. The fourth-order valence-corrected chi connectivity index (χ4v) is 1.31. The number of aromatic nitrogens is 3. The molecule has 0 unspecified atom stereocenters. The Morgan fingerprint density at radius 1 is 1.06 bits per heavy atom.